The molecule has 0 radical (unpaired) electrons. The number of hydrogen-bond donors (Lipinski definition) is 1. The van der Waals surface area contributed by atoms with Crippen LogP contribution in [-0.2, 0) is 9.47 Å². The number of likely N-dealkylation sites (tertiary alicyclic amines) is 1. The molecule has 6 heteroatoms. The molecule has 1 aliphatic carbocycles. The summed E-state index contributed by atoms with van der Waals surface area (Å²) in [6, 6.07) is 9.84. The van der Waals surface area contributed by atoms with Crippen LogP contribution < -0.4 is 0 Å². The Hall–Kier alpha value is -2.18. The van der Waals surface area contributed by atoms with E-state index >= 15 is 0 Å². The number of aromatic nitrogens is 2. The van der Waals surface area contributed by atoms with Crippen LogP contribution >= 0.6 is 0 Å². The molecule has 138 valence electrons. The molecular formula is C20H25N3O3. The quantitative estimate of drug-likeness (QED) is 0.916. The van der Waals surface area contributed by atoms with E-state index in [0.29, 0.717) is 17.9 Å². The van der Waals surface area contributed by atoms with Gasteiger partial charge in [-0.25, -0.2) is 4.98 Å². The topological polar surface area (TPSA) is 67.5 Å². The zero-order valence-electron chi connectivity index (χ0n) is 15.3. The van der Waals surface area contributed by atoms with Gasteiger partial charge in [-0.05, 0) is 25.7 Å². The zero-order valence-corrected chi connectivity index (χ0v) is 15.3. The molecule has 1 amide bonds. The van der Waals surface area contributed by atoms with Gasteiger partial charge in [0.15, 0.2) is 0 Å². The van der Waals surface area contributed by atoms with E-state index in [-0.39, 0.29) is 23.7 Å². The van der Waals surface area contributed by atoms with E-state index in [4.69, 9.17) is 9.47 Å². The Morgan fingerprint density at radius 3 is 2.81 bits per heavy atom. The van der Waals surface area contributed by atoms with Crippen LogP contribution in [0, 0.1) is 0 Å². The van der Waals surface area contributed by atoms with Crippen molar-refractivity contribution < 1.29 is 14.3 Å². The fourth-order valence-corrected chi connectivity index (χ4v) is 4.54. The second-order valence-corrected chi connectivity index (χ2v) is 7.16. The molecule has 4 rings (SSSR count). The molecular weight excluding hydrogens is 330 g/mol. The normalized spacial score (nSPS) is 28.2. The van der Waals surface area contributed by atoms with Gasteiger partial charge in [-0.2, -0.15) is 0 Å². The first-order valence-corrected chi connectivity index (χ1v) is 9.16. The van der Waals surface area contributed by atoms with Crippen molar-refractivity contribution in [3.8, 4) is 11.3 Å². The Bertz CT molecular complexity index is 776. The summed E-state index contributed by atoms with van der Waals surface area (Å²) >= 11 is 0. The van der Waals surface area contributed by atoms with E-state index < -0.39 is 0 Å². The summed E-state index contributed by atoms with van der Waals surface area (Å²) in [7, 11) is 3.51. The molecule has 2 aliphatic rings. The molecule has 26 heavy (non-hydrogen) atoms. The first-order valence-electron chi connectivity index (χ1n) is 9.16. The fraction of sp³-hybridized carbons (Fsp3) is 0.500. The van der Waals surface area contributed by atoms with Crippen molar-refractivity contribution in [3.05, 3.63) is 42.4 Å². The number of aromatic amines is 1. The highest BCUT2D eigenvalue weighted by molar-refractivity contribution is 5.98. The molecule has 1 saturated heterocycles. The molecule has 0 spiro atoms. The standard InChI is InChI=1S/C20H25N3O3/c1-25-15-8-9-20(26-2)10-11-23(16(20)12-15)19(24)18-17(21-13-22-18)14-6-4-3-5-7-14/h3-7,13,15-16H,8-12H2,1-2H3,(H,21,22)/t15-,16-,20+/m0/s1. The lowest BCUT2D eigenvalue weighted by Gasteiger charge is -2.43. The highest BCUT2D eigenvalue weighted by Gasteiger charge is 2.53. The number of nitrogens with one attached hydrogen (secondary N) is 1. The summed E-state index contributed by atoms with van der Waals surface area (Å²) in [4.78, 5) is 22.8. The zero-order chi connectivity index (χ0) is 18.1. The SMILES string of the molecule is CO[C@H]1CC[C@@]2(OC)CCN(C(=O)c3[nH]cnc3-c3ccccc3)[C@H]2C1. The van der Waals surface area contributed by atoms with E-state index in [0.717, 1.165) is 31.2 Å². The molecule has 1 aromatic heterocycles. The lowest BCUT2D eigenvalue weighted by Crippen LogP contribution is -2.53. The number of methoxy groups -OCH3 is 2. The minimum Gasteiger partial charge on any atom is -0.381 e. The minimum absolute atomic E-state index is 0.0120. The Morgan fingerprint density at radius 1 is 1.27 bits per heavy atom. The first kappa shape index (κ1) is 17.2. The highest BCUT2D eigenvalue weighted by Crippen LogP contribution is 2.43. The van der Waals surface area contributed by atoms with Gasteiger partial charge in [-0.1, -0.05) is 30.3 Å². The van der Waals surface area contributed by atoms with Crippen LogP contribution in [-0.4, -0.2) is 59.3 Å². The molecule has 2 heterocycles. The predicted molar refractivity (Wildman–Crippen MR) is 97.9 cm³/mol. The molecule has 0 unspecified atom stereocenters. The number of imidazole rings is 1. The number of amides is 1. The number of H-pyrrole nitrogens is 1. The van der Waals surface area contributed by atoms with Crippen molar-refractivity contribution in [2.75, 3.05) is 20.8 Å². The number of carbonyl (C=O) groups excluding carboxylic acids is 1. The number of rotatable bonds is 4. The van der Waals surface area contributed by atoms with Crippen molar-refractivity contribution >= 4 is 5.91 Å². The van der Waals surface area contributed by atoms with Gasteiger partial charge >= 0.3 is 0 Å². The molecule has 2 aromatic rings. The minimum atomic E-state index is -0.252. The van der Waals surface area contributed by atoms with Gasteiger partial charge in [0, 0.05) is 26.3 Å². The third-order valence-electron chi connectivity index (χ3n) is 6.04. The smallest absolute Gasteiger partial charge is 0.272 e. The largest absolute Gasteiger partial charge is 0.381 e. The molecule has 2 fully saturated rings. The molecule has 1 N–H and O–H groups in total. The van der Waals surface area contributed by atoms with Gasteiger partial charge in [0.2, 0.25) is 0 Å². The van der Waals surface area contributed by atoms with Crippen molar-refractivity contribution in [1.82, 2.24) is 14.9 Å². The summed E-state index contributed by atoms with van der Waals surface area (Å²) in [5.41, 5.74) is 1.93. The third kappa shape index (κ3) is 2.73. The third-order valence-corrected chi connectivity index (χ3v) is 6.04. The van der Waals surface area contributed by atoms with Crippen molar-refractivity contribution in [2.24, 2.45) is 0 Å². The van der Waals surface area contributed by atoms with Crippen molar-refractivity contribution in [3.63, 3.8) is 0 Å². The summed E-state index contributed by atoms with van der Waals surface area (Å²) in [6.45, 7) is 0.695. The molecule has 1 aliphatic heterocycles. The molecule has 1 aromatic carbocycles. The van der Waals surface area contributed by atoms with Gasteiger partial charge < -0.3 is 19.4 Å². The molecule has 3 atom stereocenters. The summed E-state index contributed by atoms with van der Waals surface area (Å²) in [5, 5.41) is 0. The van der Waals surface area contributed by atoms with Crippen LogP contribution in [0.3, 0.4) is 0 Å². The van der Waals surface area contributed by atoms with Gasteiger partial charge in [-0.15, -0.1) is 0 Å². The van der Waals surface area contributed by atoms with Crippen LogP contribution in [0.5, 0.6) is 0 Å². The van der Waals surface area contributed by atoms with Crippen LogP contribution in [0.2, 0.25) is 0 Å². The predicted octanol–water partition coefficient (Wildman–Crippen LogP) is 2.88. The Balaban J connectivity index is 1.64. The number of fused-ring (bicyclic) bond motifs is 1. The highest BCUT2D eigenvalue weighted by atomic mass is 16.5. The average Bonchev–Trinajstić information content (AvgIpc) is 3.33. The van der Waals surface area contributed by atoms with Gasteiger partial charge in [0.25, 0.3) is 5.91 Å². The second kappa shape index (κ2) is 6.85. The van der Waals surface area contributed by atoms with Gasteiger partial charge in [0.1, 0.15) is 11.4 Å². The van der Waals surface area contributed by atoms with Gasteiger partial charge in [-0.3, -0.25) is 4.79 Å². The Morgan fingerprint density at radius 2 is 2.08 bits per heavy atom. The van der Waals surface area contributed by atoms with Crippen LogP contribution in [0.25, 0.3) is 11.3 Å². The summed E-state index contributed by atoms with van der Waals surface area (Å²) in [5.74, 6) is -0.0120. The molecule has 0 bridgehead atoms. The van der Waals surface area contributed by atoms with Crippen molar-refractivity contribution in [2.45, 2.75) is 43.4 Å². The number of carbonyl (C=O) groups is 1. The number of nitrogens with zero attached hydrogens (tertiary/aromatic N) is 2. The maximum absolute atomic E-state index is 13.4. The van der Waals surface area contributed by atoms with Crippen LogP contribution in [0.4, 0.5) is 0 Å². The monoisotopic (exact) mass is 355 g/mol. The maximum Gasteiger partial charge on any atom is 0.272 e. The van der Waals surface area contributed by atoms with E-state index in [1.54, 1.807) is 20.5 Å². The average molecular weight is 355 g/mol. The lowest BCUT2D eigenvalue weighted by atomic mass is 9.79. The number of benzene rings is 1. The van der Waals surface area contributed by atoms with E-state index in [1.807, 2.05) is 35.2 Å². The number of ether oxygens (including phenoxy) is 2. The van der Waals surface area contributed by atoms with Gasteiger partial charge in [0.05, 0.1) is 24.1 Å². The molecule has 6 nitrogen and oxygen atoms in total. The Kier molecular flexibility index (Phi) is 4.54. The number of hydrogen-bond acceptors (Lipinski definition) is 4. The first-order chi connectivity index (χ1) is 12.7. The summed E-state index contributed by atoms with van der Waals surface area (Å²) < 4.78 is 11.5. The van der Waals surface area contributed by atoms with Crippen LogP contribution in [0.1, 0.15) is 36.2 Å². The van der Waals surface area contributed by atoms with Crippen LogP contribution in [0.15, 0.2) is 36.7 Å². The van der Waals surface area contributed by atoms with E-state index in [1.165, 1.54) is 0 Å². The summed E-state index contributed by atoms with van der Waals surface area (Å²) in [6.07, 6.45) is 5.34. The maximum atomic E-state index is 13.4. The second-order valence-electron chi connectivity index (χ2n) is 7.16. The lowest BCUT2D eigenvalue weighted by molar-refractivity contribution is -0.0894. The van der Waals surface area contributed by atoms with E-state index in [2.05, 4.69) is 9.97 Å². The fourth-order valence-electron chi connectivity index (χ4n) is 4.54. The Labute approximate surface area is 153 Å². The van der Waals surface area contributed by atoms with Crippen molar-refractivity contribution in [1.29, 1.82) is 0 Å². The molecule has 1 saturated carbocycles. The van der Waals surface area contributed by atoms with E-state index in [9.17, 15) is 4.79 Å².